The molecule has 0 spiro atoms. The van der Waals surface area contributed by atoms with Crippen LogP contribution in [0.2, 0.25) is 5.02 Å². The Morgan fingerprint density at radius 1 is 1.19 bits per heavy atom. The Labute approximate surface area is 249 Å². The van der Waals surface area contributed by atoms with Crippen molar-refractivity contribution in [3.05, 3.63) is 92.3 Å². The van der Waals surface area contributed by atoms with Crippen LogP contribution in [0.4, 0.5) is 23.2 Å². The van der Waals surface area contributed by atoms with Crippen molar-refractivity contribution in [1.29, 1.82) is 0 Å². The van der Waals surface area contributed by atoms with Gasteiger partial charge >= 0.3 is 0 Å². The zero-order chi connectivity index (χ0) is 31.6. The van der Waals surface area contributed by atoms with Crippen LogP contribution < -0.4 is 15.9 Å². The van der Waals surface area contributed by atoms with Crippen molar-refractivity contribution >= 4 is 35.2 Å². The van der Waals surface area contributed by atoms with E-state index in [4.69, 9.17) is 11.6 Å². The third-order valence-corrected chi connectivity index (χ3v) is 6.80. The van der Waals surface area contributed by atoms with Gasteiger partial charge < -0.3 is 15.5 Å². The normalized spacial score (nSPS) is 15.6. The lowest BCUT2D eigenvalue weighted by molar-refractivity contribution is 0.123. The molecule has 0 saturated heterocycles. The van der Waals surface area contributed by atoms with E-state index in [0.717, 1.165) is 12.1 Å². The molecule has 0 aliphatic heterocycles. The van der Waals surface area contributed by atoms with Gasteiger partial charge in [0, 0.05) is 35.0 Å². The maximum atomic E-state index is 15.7. The number of aliphatic hydroxyl groups excluding tert-OH is 1. The third-order valence-electron chi connectivity index (χ3n) is 6.51. The minimum absolute atomic E-state index is 0.0137. The van der Waals surface area contributed by atoms with Crippen LogP contribution in [0.25, 0.3) is 12.2 Å². The maximum absolute atomic E-state index is 15.7. The van der Waals surface area contributed by atoms with Crippen molar-refractivity contribution in [3.63, 3.8) is 0 Å². The Hall–Kier alpha value is -3.27. The molecule has 0 aliphatic rings. The molecule has 1 heterocycles. The standard InChI is InChI=1S/C32H38ClF4N3O2/c1-7-9-11-22(16-38-20(4)32(5,6)42)19(3)27(35)15-28-23(10-8-2)29(25(33)17-39-28)40-30(31(36)37)24-14-21(18-41)12-13-26(24)34/h9-17,30-31,40-42H,7-8,18H2,1-6H3/b11-9+,22-16+,23-10-,27-19-,28-15+,38-20?. The third kappa shape index (κ3) is 9.37. The Morgan fingerprint density at radius 3 is 2.45 bits per heavy atom. The van der Waals surface area contributed by atoms with E-state index in [2.05, 4.69) is 15.3 Å². The minimum atomic E-state index is -3.05. The quantitative estimate of drug-likeness (QED) is 0.137. The monoisotopic (exact) mass is 607 g/mol. The SMILES string of the molecule is CC/C=C/C(=C\N=C(C)C(C)(C)O)C(/C)=C(F)/C=c1/ncc(Cl)c(NC(c2cc(CO)ccc2F)C(F)F)/c1=C\CC. The van der Waals surface area contributed by atoms with Crippen LogP contribution in [0.3, 0.4) is 0 Å². The number of alkyl halides is 2. The van der Waals surface area contributed by atoms with E-state index in [9.17, 15) is 23.4 Å². The molecule has 3 N–H and O–H groups in total. The second-order valence-electron chi connectivity index (χ2n) is 10.1. The number of halogens is 5. The predicted molar refractivity (Wildman–Crippen MR) is 163 cm³/mol. The molecule has 0 bridgehead atoms. The molecule has 0 amide bonds. The van der Waals surface area contributed by atoms with Gasteiger partial charge in [0.25, 0.3) is 6.43 Å². The molecule has 0 radical (unpaired) electrons. The molecular formula is C32H38ClF4N3O2. The molecule has 1 aromatic carbocycles. The summed E-state index contributed by atoms with van der Waals surface area (Å²) < 4.78 is 58.9. The van der Waals surface area contributed by atoms with Crippen molar-refractivity contribution in [3.8, 4) is 0 Å². The number of benzene rings is 1. The van der Waals surface area contributed by atoms with Crippen LogP contribution in [0, 0.1) is 5.82 Å². The van der Waals surface area contributed by atoms with Crippen molar-refractivity contribution in [1.82, 2.24) is 4.98 Å². The van der Waals surface area contributed by atoms with E-state index in [1.165, 1.54) is 24.5 Å². The van der Waals surface area contributed by atoms with Gasteiger partial charge in [0.2, 0.25) is 0 Å². The molecule has 2 aromatic rings. The van der Waals surface area contributed by atoms with Gasteiger partial charge in [0.05, 0.1) is 28.3 Å². The fourth-order valence-electron chi connectivity index (χ4n) is 3.75. The number of hydrogen-bond donors (Lipinski definition) is 3. The van der Waals surface area contributed by atoms with Gasteiger partial charge in [0.15, 0.2) is 0 Å². The van der Waals surface area contributed by atoms with Crippen LogP contribution in [-0.2, 0) is 6.61 Å². The molecule has 228 valence electrons. The molecular weight excluding hydrogens is 570 g/mol. The molecule has 10 heteroatoms. The number of nitrogens with one attached hydrogen (secondary N) is 1. The molecule has 5 nitrogen and oxygen atoms in total. The number of nitrogens with zero attached hydrogens (tertiary/aromatic N) is 2. The predicted octanol–water partition coefficient (Wildman–Crippen LogP) is 7.08. The van der Waals surface area contributed by atoms with E-state index in [-0.39, 0.29) is 38.0 Å². The van der Waals surface area contributed by atoms with Crippen LogP contribution in [0.15, 0.2) is 64.7 Å². The first-order valence-electron chi connectivity index (χ1n) is 13.6. The summed E-state index contributed by atoms with van der Waals surface area (Å²) in [6.07, 6.45) is 7.13. The number of rotatable bonds is 12. The summed E-state index contributed by atoms with van der Waals surface area (Å²) >= 11 is 6.39. The largest absolute Gasteiger partial charge is 0.392 e. The Morgan fingerprint density at radius 2 is 1.88 bits per heavy atom. The van der Waals surface area contributed by atoms with Gasteiger partial charge in [-0.3, -0.25) is 9.98 Å². The van der Waals surface area contributed by atoms with Crippen LogP contribution >= 0.6 is 11.6 Å². The molecule has 0 saturated carbocycles. The molecule has 2 rings (SSSR count). The molecule has 1 unspecified atom stereocenters. The number of aliphatic hydroxyl groups is 2. The van der Waals surface area contributed by atoms with Gasteiger partial charge in [-0.2, -0.15) is 0 Å². The van der Waals surface area contributed by atoms with Gasteiger partial charge in [-0.15, -0.1) is 0 Å². The lowest BCUT2D eigenvalue weighted by Gasteiger charge is -2.22. The summed E-state index contributed by atoms with van der Waals surface area (Å²) in [5, 5.41) is 22.6. The van der Waals surface area contributed by atoms with E-state index in [0.29, 0.717) is 24.1 Å². The van der Waals surface area contributed by atoms with E-state index < -0.39 is 36.3 Å². The van der Waals surface area contributed by atoms with Gasteiger partial charge in [-0.25, -0.2) is 17.6 Å². The average Bonchev–Trinajstić information content (AvgIpc) is 2.93. The van der Waals surface area contributed by atoms with Crippen LogP contribution in [0.1, 0.15) is 71.6 Å². The van der Waals surface area contributed by atoms with Crippen LogP contribution in [-0.4, -0.2) is 32.9 Å². The lowest BCUT2D eigenvalue weighted by atomic mass is 10.0. The summed E-state index contributed by atoms with van der Waals surface area (Å²) in [6.45, 7) is 9.70. The van der Waals surface area contributed by atoms with Gasteiger partial charge in [0.1, 0.15) is 17.7 Å². The highest BCUT2D eigenvalue weighted by atomic mass is 35.5. The zero-order valence-electron chi connectivity index (χ0n) is 24.7. The summed E-state index contributed by atoms with van der Waals surface area (Å²) in [5.41, 5.74) is -0.0757. The van der Waals surface area contributed by atoms with E-state index in [1.54, 1.807) is 46.8 Å². The Balaban J connectivity index is 2.76. The maximum Gasteiger partial charge on any atom is 0.262 e. The second-order valence-corrected chi connectivity index (χ2v) is 10.6. The average molecular weight is 608 g/mol. The molecule has 42 heavy (non-hydrogen) atoms. The molecule has 1 aromatic heterocycles. The number of hydrogen-bond acceptors (Lipinski definition) is 5. The number of pyridine rings is 1. The molecule has 1 atom stereocenters. The topological polar surface area (TPSA) is 77.7 Å². The molecule has 0 fully saturated rings. The number of allylic oxidation sites excluding steroid dienone is 5. The highest BCUT2D eigenvalue weighted by Crippen LogP contribution is 2.30. The molecule has 0 aliphatic carbocycles. The zero-order valence-corrected chi connectivity index (χ0v) is 25.4. The smallest absolute Gasteiger partial charge is 0.262 e. The number of aliphatic imine (C=N–C) groups is 1. The first-order chi connectivity index (χ1) is 19.7. The second kappa shape index (κ2) is 15.8. The van der Waals surface area contributed by atoms with Gasteiger partial charge in [-0.1, -0.05) is 49.7 Å². The first kappa shape index (κ1) is 34.9. The van der Waals surface area contributed by atoms with E-state index in [1.807, 2.05) is 13.0 Å². The van der Waals surface area contributed by atoms with Crippen molar-refractivity contribution in [2.45, 2.75) is 79.1 Å². The summed E-state index contributed by atoms with van der Waals surface area (Å²) in [4.78, 5) is 8.55. The van der Waals surface area contributed by atoms with Crippen LogP contribution in [0.5, 0.6) is 0 Å². The summed E-state index contributed by atoms with van der Waals surface area (Å²) in [6, 6.07) is 1.66. The van der Waals surface area contributed by atoms with E-state index >= 15 is 4.39 Å². The number of aromatic nitrogens is 1. The fraction of sp³-hybridized carbons (Fsp3) is 0.375. The Bertz CT molecular complexity index is 1490. The minimum Gasteiger partial charge on any atom is -0.392 e. The highest BCUT2D eigenvalue weighted by Gasteiger charge is 2.27. The van der Waals surface area contributed by atoms with Crippen molar-refractivity contribution in [2.24, 2.45) is 4.99 Å². The van der Waals surface area contributed by atoms with Crippen molar-refractivity contribution < 1.29 is 27.8 Å². The fourth-order valence-corrected chi connectivity index (χ4v) is 3.96. The Kier molecular flexibility index (Phi) is 13.2. The summed E-state index contributed by atoms with van der Waals surface area (Å²) in [5.74, 6) is -1.54. The first-order valence-corrected chi connectivity index (χ1v) is 13.9. The highest BCUT2D eigenvalue weighted by molar-refractivity contribution is 6.33. The summed E-state index contributed by atoms with van der Waals surface area (Å²) in [7, 11) is 0. The lowest BCUT2D eigenvalue weighted by Crippen LogP contribution is -2.34. The van der Waals surface area contributed by atoms with Gasteiger partial charge in [-0.05, 0) is 69.4 Å². The van der Waals surface area contributed by atoms with Crippen molar-refractivity contribution in [2.75, 3.05) is 5.32 Å². The number of anilines is 1.